The second kappa shape index (κ2) is 6.00. The van der Waals surface area contributed by atoms with Crippen LogP contribution in [0.25, 0.3) is 11.3 Å². The Labute approximate surface area is 124 Å². The lowest BCUT2D eigenvalue weighted by Crippen LogP contribution is -2.33. The second-order valence-corrected chi connectivity index (χ2v) is 5.55. The van der Waals surface area contributed by atoms with Gasteiger partial charge in [-0.05, 0) is 6.42 Å². The van der Waals surface area contributed by atoms with E-state index in [-0.39, 0.29) is 0 Å². The average molecular weight is 287 g/mol. The Kier molecular flexibility index (Phi) is 4.08. The van der Waals surface area contributed by atoms with Gasteiger partial charge in [-0.2, -0.15) is 0 Å². The van der Waals surface area contributed by atoms with E-state index in [1.807, 2.05) is 30.3 Å². The van der Waals surface area contributed by atoms with Gasteiger partial charge < -0.3 is 14.3 Å². The third-order valence-corrected chi connectivity index (χ3v) is 3.93. The molecule has 4 nitrogen and oxygen atoms in total. The molecule has 0 radical (unpaired) electrons. The van der Waals surface area contributed by atoms with Gasteiger partial charge in [0.2, 0.25) is 0 Å². The van der Waals surface area contributed by atoms with E-state index in [0.717, 1.165) is 24.1 Å². The van der Waals surface area contributed by atoms with Crippen LogP contribution in [0.2, 0.25) is 0 Å². The van der Waals surface area contributed by atoms with Crippen molar-refractivity contribution in [2.24, 2.45) is 0 Å². The summed E-state index contributed by atoms with van der Waals surface area (Å²) in [5.41, 5.74) is 0.782. The molecule has 2 aromatic rings. The summed E-state index contributed by atoms with van der Waals surface area (Å²) in [7, 11) is 0. The maximum atomic E-state index is 11.0. The first kappa shape index (κ1) is 14.3. The maximum absolute atomic E-state index is 11.0. The Morgan fingerprint density at radius 2 is 1.90 bits per heavy atom. The standard InChI is InChI=1S/C17H21NO3/c1-2-6-14-18-15(13-7-4-3-5-8-13)16(21-14)17(19)9-11-20-12-10-17/h3-5,7-8,19H,2,6,9-12H2,1H3. The molecule has 0 spiro atoms. The SMILES string of the molecule is CCCc1nc(-c2ccccc2)c(C2(O)CCOCC2)o1. The average Bonchev–Trinajstić information content (AvgIpc) is 2.94. The fourth-order valence-corrected chi connectivity index (χ4v) is 2.73. The molecule has 1 aliphatic heterocycles. The molecule has 0 atom stereocenters. The highest BCUT2D eigenvalue weighted by Crippen LogP contribution is 2.38. The molecular formula is C17H21NO3. The zero-order chi connectivity index (χ0) is 14.7. The summed E-state index contributed by atoms with van der Waals surface area (Å²) in [6.45, 7) is 3.19. The third kappa shape index (κ3) is 2.87. The predicted octanol–water partition coefficient (Wildman–Crippen LogP) is 3.29. The number of aryl methyl sites for hydroxylation is 1. The van der Waals surface area contributed by atoms with Gasteiger partial charge in [0.1, 0.15) is 11.3 Å². The van der Waals surface area contributed by atoms with E-state index in [9.17, 15) is 5.11 Å². The zero-order valence-corrected chi connectivity index (χ0v) is 12.3. The van der Waals surface area contributed by atoms with Crippen LogP contribution >= 0.6 is 0 Å². The number of nitrogens with zero attached hydrogens (tertiary/aromatic N) is 1. The van der Waals surface area contributed by atoms with Crippen LogP contribution in [0.5, 0.6) is 0 Å². The number of aromatic nitrogens is 1. The van der Waals surface area contributed by atoms with E-state index in [0.29, 0.717) is 37.7 Å². The van der Waals surface area contributed by atoms with Gasteiger partial charge >= 0.3 is 0 Å². The highest BCUT2D eigenvalue weighted by molar-refractivity contribution is 5.62. The minimum Gasteiger partial charge on any atom is -0.442 e. The van der Waals surface area contributed by atoms with Gasteiger partial charge in [0.25, 0.3) is 0 Å². The monoisotopic (exact) mass is 287 g/mol. The molecule has 0 unspecified atom stereocenters. The maximum Gasteiger partial charge on any atom is 0.195 e. The van der Waals surface area contributed by atoms with Crippen molar-refractivity contribution in [1.29, 1.82) is 0 Å². The van der Waals surface area contributed by atoms with Gasteiger partial charge in [-0.15, -0.1) is 0 Å². The third-order valence-electron chi connectivity index (χ3n) is 3.93. The summed E-state index contributed by atoms with van der Waals surface area (Å²) < 4.78 is 11.3. The van der Waals surface area contributed by atoms with Crippen molar-refractivity contribution in [3.05, 3.63) is 42.0 Å². The Bertz CT molecular complexity index is 585. The topological polar surface area (TPSA) is 55.5 Å². The molecule has 0 saturated carbocycles. The van der Waals surface area contributed by atoms with Crippen molar-refractivity contribution >= 4 is 0 Å². The van der Waals surface area contributed by atoms with Gasteiger partial charge in [-0.3, -0.25) is 0 Å². The lowest BCUT2D eigenvalue weighted by molar-refractivity contribution is -0.0800. The van der Waals surface area contributed by atoms with Crippen LogP contribution in [0.1, 0.15) is 37.8 Å². The predicted molar refractivity (Wildman–Crippen MR) is 79.9 cm³/mol. The number of hydrogen-bond acceptors (Lipinski definition) is 4. The molecule has 0 bridgehead atoms. The van der Waals surface area contributed by atoms with Crippen LogP contribution in [0, 0.1) is 0 Å². The van der Waals surface area contributed by atoms with Crippen LogP contribution in [-0.2, 0) is 16.8 Å². The fraction of sp³-hybridized carbons (Fsp3) is 0.471. The minimum absolute atomic E-state index is 0.549. The molecule has 0 amide bonds. The molecule has 3 rings (SSSR count). The largest absolute Gasteiger partial charge is 0.442 e. The molecule has 4 heteroatoms. The molecule has 1 fully saturated rings. The van der Waals surface area contributed by atoms with Gasteiger partial charge in [-0.25, -0.2) is 4.98 Å². The molecule has 1 aromatic heterocycles. The molecule has 21 heavy (non-hydrogen) atoms. The van der Waals surface area contributed by atoms with Gasteiger partial charge in [0.15, 0.2) is 11.7 Å². The Hall–Kier alpha value is -1.65. The normalized spacial score (nSPS) is 17.8. The van der Waals surface area contributed by atoms with Crippen molar-refractivity contribution in [2.75, 3.05) is 13.2 Å². The van der Waals surface area contributed by atoms with Gasteiger partial charge in [0, 0.05) is 38.0 Å². The number of ether oxygens (including phenoxy) is 1. The number of oxazole rings is 1. The summed E-state index contributed by atoms with van der Waals surface area (Å²) in [5.74, 6) is 1.30. The van der Waals surface area contributed by atoms with Crippen molar-refractivity contribution < 1.29 is 14.3 Å². The van der Waals surface area contributed by atoms with Crippen LogP contribution in [-0.4, -0.2) is 23.3 Å². The molecule has 1 saturated heterocycles. The summed E-state index contributed by atoms with van der Waals surface area (Å²) in [6.07, 6.45) is 2.85. The van der Waals surface area contributed by atoms with Gasteiger partial charge in [0.05, 0.1) is 0 Å². The lowest BCUT2D eigenvalue weighted by Gasteiger charge is -2.30. The number of rotatable bonds is 4. The molecule has 1 aliphatic rings. The number of aliphatic hydroxyl groups is 1. The van der Waals surface area contributed by atoms with Crippen LogP contribution in [0.3, 0.4) is 0 Å². The molecular weight excluding hydrogens is 266 g/mol. The second-order valence-electron chi connectivity index (χ2n) is 5.55. The minimum atomic E-state index is -0.970. The smallest absolute Gasteiger partial charge is 0.195 e. The first-order valence-electron chi connectivity index (χ1n) is 7.58. The molecule has 1 aromatic carbocycles. The summed E-state index contributed by atoms with van der Waals surface area (Å²) in [6, 6.07) is 9.92. The summed E-state index contributed by atoms with van der Waals surface area (Å²) in [4.78, 5) is 4.62. The fourth-order valence-electron chi connectivity index (χ4n) is 2.73. The van der Waals surface area contributed by atoms with E-state index in [1.165, 1.54) is 0 Å². The Balaban J connectivity index is 2.05. The first-order valence-corrected chi connectivity index (χ1v) is 7.58. The quantitative estimate of drug-likeness (QED) is 0.937. The molecule has 2 heterocycles. The van der Waals surface area contributed by atoms with E-state index < -0.39 is 5.60 Å². The van der Waals surface area contributed by atoms with Crippen LogP contribution in [0.15, 0.2) is 34.7 Å². The molecule has 1 N–H and O–H groups in total. The van der Waals surface area contributed by atoms with Crippen molar-refractivity contribution in [2.45, 2.75) is 38.2 Å². The van der Waals surface area contributed by atoms with E-state index in [2.05, 4.69) is 11.9 Å². The van der Waals surface area contributed by atoms with Crippen molar-refractivity contribution in [3.8, 4) is 11.3 Å². The summed E-state index contributed by atoms with van der Waals surface area (Å²) in [5, 5.41) is 11.0. The molecule has 112 valence electrons. The van der Waals surface area contributed by atoms with Crippen molar-refractivity contribution in [3.63, 3.8) is 0 Å². The van der Waals surface area contributed by atoms with Gasteiger partial charge in [-0.1, -0.05) is 37.3 Å². The highest BCUT2D eigenvalue weighted by Gasteiger charge is 2.38. The van der Waals surface area contributed by atoms with Crippen LogP contribution < -0.4 is 0 Å². The Morgan fingerprint density at radius 3 is 2.57 bits per heavy atom. The number of benzene rings is 1. The van der Waals surface area contributed by atoms with Crippen molar-refractivity contribution in [1.82, 2.24) is 4.98 Å². The van der Waals surface area contributed by atoms with E-state index in [4.69, 9.17) is 9.15 Å². The molecule has 0 aliphatic carbocycles. The lowest BCUT2D eigenvalue weighted by atomic mass is 9.89. The number of hydrogen-bond donors (Lipinski definition) is 1. The Morgan fingerprint density at radius 1 is 1.19 bits per heavy atom. The zero-order valence-electron chi connectivity index (χ0n) is 12.3. The summed E-state index contributed by atoms with van der Waals surface area (Å²) >= 11 is 0. The van der Waals surface area contributed by atoms with Crippen LogP contribution in [0.4, 0.5) is 0 Å². The first-order chi connectivity index (χ1) is 10.2. The van der Waals surface area contributed by atoms with E-state index in [1.54, 1.807) is 0 Å². The highest BCUT2D eigenvalue weighted by atomic mass is 16.5. The van der Waals surface area contributed by atoms with E-state index >= 15 is 0 Å².